The lowest BCUT2D eigenvalue weighted by molar-refractivity contribution is -0.137. The summed E-state index contributed by atoms with van der Waals surface area (Å²) in [5.41, 5.74) is 0.685. The van der Waals surface area contributed by atoms with Crippen molar-refractivity contribution in [1.29, 1.82) is 0 Å². The molecule has 1 fully saturated rings. The van der Waals surface area contributed by atoms with E-state index < -0.39 is 11.7 Å². The minimum atomic E-state index is -4.36. The average molecular weight is 378 g/mol. The molecule has 7 heteroatoms. The SMILES string of the molecule is O=C(NCc1ccc(OCc2cccc(C(F)(F)F)c2)cc1)[C@@H]1CCCN1. The highest BCUT2D eigenvalue weighted by atomic mass is 19.4. The Morgan fingerprint density at radius 2 is 1.93 bits per heavy atom. The summed E-state index contributed by atoms with van der Waals surface area (Å²) in [7, 11) is 0. The number of amides is 1. The van der Waals surface area contributed by atoms with E-state index in [0.29, 0.717) is 17.9 Å². The number of halogens is 3. The summed E-state index contributed by atoms with van der Waals surface area (Å²) >= 11 is 0. The first-order chi connectivity index (χ1) is 12.9. The molecule has 1 atom stereocenters. The van der Waals surface area contributed by atoms with Crippen LogP contribution in [0.25, 0.3) is 0 Å². The molecule has 0 aromatic heterocycles. The number of hydrogen-bond acceptors (Lipinski definition) is 3. The molecule has 0 radical (unpaired) electrons. The van der Waals surface area contributed by atoms with E-state index in [0.717, 1.165) is 37.1 Å². The summed E-state index contributed by atoms with van der Waals surface area (Å²) in [6.07, 6.45) is -2.50. The zero-order chi connectivity index (χ0) is 19.3. The first-order valence-corrected chi connectivity index (χ1v) is 8.81. The predicted octanol–water partition coefficient (Wildman–Crippen LogP) is 3.65. The van der Waals surface area contributed by atoms with E-state index in [2.05, 4.69) is 10.6 Å². The smallest absolute Gasteiger partial charge is 0.416 e. The van der Waals surface area contributed by atoms with Crippen LogP contribution in [0.4, 0.5) is 13.2 Å². The summed E-state index contributed by atoms with van der Waals surface area (Å²) in [5, 5.41) is 6.03. The molecule has 3 rings (SSSR count). The van der Waals surface area contributed by atoms with Crippen molar-refractivity contribution in [3.05, 3.63) is 65.2 Å². The second-order valence-corrected chi connectivity index (χ2v) is 6.50. The van der Waals surface area contributed by atoms with Crippen molar-refractivity contribution < 1.29 is 22.7 Å². The maximum atomic E-state index is 12.7. The average Bonchev–Trinajstić information content (AvgIpc) is 3.20. The zero-order valence-electron chi connectivity index (χ0n) is 14.7. The second kappa shape index (κ2) is 8.43. The molecular weight excluding hydrogens is 357 g/mol. The number of rotatable bonds is 6. The monoisotopic (exact) mass is 378 g/mol. The summed E-state index contributed by atoms with van der Waals surface area (Å²) in [6.45, 7) is 1.34. The Hall–Kier alpha value is -2.54. The van der Waals surface area contributed by atoms with Crippen LogP contribution in [0, 0.1) is 0 Å². The van der Waals surface area contributed by atoms with Gasteiger partial charge in [-0.2, -0.15) is 13.2 Å². The van der Waals surface area contributed by atoms with Gasteiger partial charge in [0.05, 0.1) is 11.6 Å². The molecule has 0 bridgehead atoms. The van der Waals surface area contributed by atoms with Gasteiger partial charge in [-0.3, -0.25) is 4.79 Å². The predicted molar refractivity (Wildman–Crippen MR) is 95.1 cm³/mol. The van der Waals surface area contributed by atoms with Crippen molar-refractivity contribution in [2.45, 2.75) is 38.2 Å². The van der Waals surface area contributed by atoms with Gasteiger partial charge in [0.25, 0.3) is 0 Å². The van der Waals surface area contributed by atoms with Gasteiger partial charge in [0.15, 0.2) is 0 Å². The van der Waals surface area contributed by atoms with Crippen LogP contribution < -0.4 is 15.4 Å². The minimum absolute atomic E-state index is 0.00243. The molecule has 1 aliphatic rings. The number of benzene rings is 2. The van der Waals surface area contributed by atoms with Crippen LogP contribution in [-0.2, 0) is 24.1 Å². The molecule has 0 unspecified atom stereocenters. The molecule has 1 aliphatic heterocycles. The van der Waals surface area contributed by atoms with Gasteiger partial charge in [0.2, 0.25) is 5.91 Å². The third kappa shape index (κ3) is 5.47. The fourth-order valence-corrected chi connectivity index (χ4v) is 2.93. The van der Waals surface area contributed by atoms with Crippen molar-refractivity contribution >= 4 is 5.91 Å². The lowest BCUT2D eigenvalue weighted by Crippen LogP contribution is -2.39. The van der Waals surface area contributed by atoms with Gasteiger partial charge in [-0.1, -0.05) is 24.3 Å². The van der Waals surface area contributed by atoms with Crippen LogP contribution in [0.2, 0.25) is 0 Å². The van der Waals surface area contributed by atoms with Crippen LogP contribution in [0.15, 0.2) is 48.5 Å². The Labute approximate surface area is 155 Å². The summed E-state index contributed by atoms with van der Waals surface area (Å²) < 4.78 is 43.7. The summed E-state index contributed by atoms with van der Waals surface area (Å²) in [5.74, 6) is 0.553. The lowest BCUT2D eigenvalue weighted by Gasteiger charge is -2.12. The standard InChI is InChI=1S/C20H21F3N2O2/c21-20(22,23)16-4-1-3-15(11-16)13-27-17-8-6-14(7-9-17)12-25-19(26)18-5-2-10-24-18/h1,3-4,6-9,11,18,24H,2,5,10,12-13H2,(H,25,26)/t18-/m0/s1. The van der Waals surface area contributed by atoms with E-state index in [1.54, 1.807) is 18.2 Å². The largest absolute Gasteiger partial charge is 0.489 e. The lowest BCUT2D eigenvalue weighted by atomic mass is 10.1. The number of ether oxygens (including phenoxy) is 1. The van der Waals surface area contributed by atoms with Crippen LogP contribution >= 0.6 is 0 Å². The van der Waals surface area contributed by atoms with Crippen molar-refractivity contribution in [1.82, 2.24) is 10.6 Å². The van der Waals surface area contributed by atoms with Crippen molar-refractivity contribution in [3.8, 4) is 5.75 Å². The van der Waals surface area contributed by atoms with Crippen LogP contribution in [0.3, 0.4) is 0 Å². The highest BCUT2D eigenvalue weighted by molar-refractivity contribution is 5.81. The Morgan fingerprint density at radius 3 is 2.59 bits per heavy atom. The van der Waals surface area contributed by atoms with E-state index in [9.17, 15) is 18.0 Å². The van der Waals surface area contributed by atoms with Gasteiger partial charge in [-0.25, -0.2) is 0 Å². The zero-order valence-corrected chi connectivity index (χ0v) is 14.7. The van der Waals surface area contributed by atoms with Crippen LogP contribution in [-0.4, -0.2) is 18.5 Å². The van der Waals surface area contributed by atoms with Gasteiger partial charge < -0.3 is 15.4 Å². The van der Waals surface area contributed by atoms with E-state index in [4.69, 9.17) is 4.74 Å². The Morgan fingerprint density at radius 1 is 1.15 bits per heavy atom. The molecule has 0 aliphatic carbocycles. The van der Waals surface area contributed by atoms with E-state index >= 15 is 0 Å². The van der Waals surface area contributed by atoms with E-state index in [1.807, 2.05) is 12.1 Å². The van der Waals surface area contributed by atoms with Crippen LogP contribution in [0.5, 0.6) is 5.75 Å². The molecule has 2 N–H and O–H groups in total. The summed E-state index contributed by atoms with van der Waals surface area (Å²) in [4.78, 5) is 12.0. The molecule has 0 saturated carbocycles. The first kappa shape index (κ1) is 19.2. The maximum Gasteiger partial charge on any atom is 0.416 e. The first-order valence-electron chi connectivity index (χ1n) is 8.81. The maximum absolute atomic E-state index is 12.7. The van der Waals surface area contributed by atoms with Crippen molar-refractivity contribution in [3.63, 3.8) is 0 Å². The topological polar surface area (TPSA) is 50.4 Å². The molecule has 2 aromatic rings. The van der Waals surface area contributed by atoms with Crippen molar-refractivity contribution in [2.24, 2.45) is 0 Å². The third-order valence-electron chi connectivity index (χ3n) is 4.43. The van der Waals surface area contributed by atoms with Crippen molar-refractivity contribution in [2.75, 3.05) is 6.54 Å². The Balaban J connectivity index is 1.50. The Kier molecular flexibility index (Phi) is 6.01. The molecule has 27 heavy (non-hydrogen) atoms. The molecule has 1 saturated heterocycles. The molecule has 1 heterocycles. The highest BCUT2D eigenvalue weighted by Gasteiger charge is 2.30. The fraction of sp³-hybridized carbons (Fsp3) is 0.350. The summed E-state index contributed by atoms with van der Waals surface area (Å²) in [6, 6.07) is 12.1. The Bertz CT molecular complexity index is 770. The number of carbonyl (C=O) groups is 1. The minimum Gasteiger partial charge on any atom is -0.489 e. The fourth-order valence-electron chi connectivity index (χ4n) is 2.93. The van der Waals surface area contributed by atoms with Gasteiger partial charge in [0.1, 0.15) is 12.4 Å². The number of alkyl halides is 3. The number of hydrogen-bond donors (Lipinski definition) is 2. The quantitative estimate of drug-likeness (QED) is 0.807. The van der Waals surface area contributed by atoms with Gasteiger partial charge in [-0.15, -0.1) is 0 Å². The second-order valence-electron chi connectivity index (χ2n) is 6.50. The highest BCUT2D eigenvalue weighted by Crippen LogP contribution is 2.29. The molecule has 144 valence electrons. The number of carbonyl (C=O) groups excluding carboxylic acids is 1. The van der Waals surface area contributed by atoms with Gasteiger partial charge >= 0.3 is 6.18 Å². The third-order valence-corrected chi connectivity index (χ3v) is 4.43. The molecular formula is C20H21F3N2O2. The molecule has 0 spiro atoms. The molecule has 4 nitrogen and oxygen atoms in total. The molecule has 1 amide bonds. The van der Waals surface area contributed by atoms with E-state index in [-0.39, 0.29) is 18.6 Å². The van der Waals surface area contributed by atoms with Gasteiger partial charge in [-0.05, 0) is 54.8 Å². The molecule has 2 aromatic carbocycles. The van der Waals surface area contributed by atoms with E-state index in [1.165, 1.54) is 6.07 Å². The van der Waals surface area contributed by atoms with Crippen LogP contribution in [0.1, 0.15) is 29.5 Å². The number of nitrogens with one attached hydrogen (secondary N) is 2. The normalized spacial score (nSPS) is 16.9. The van der Waals surface area contributed by atoms with Gasteiger partial charge in [0, 0.05) is 6.54 Å².